The molecule has 0 spiro atoms. The Morgan fingerprint density at radius 2 is 1.69 bits per heavy atom. The Morgan fingerprint density at radius 3 is 2.38 bits per heavy atom. The fourth-order valence-electron chi connectivity index (χ4n) is 3.70. The van der Waals surface area contributed by atoms with Gasteiger partial charge in [-0.1, -0.05) is 60.7 Å². The van der Waals surface area contributed by atoms with Gasteiger partial charge in [-0.3, -0.25) is 0 Å². The number of esters is 1. The number of methoxy groups -OCH3 is 1. The van der Waals surface area contributed by atoms with Crippen molar-refractivity contribution in [2.45, 2.75) is 25.7 Å². The van der Waals surface area contributed by atoms with E-state index in [1.54, 1.807) is 0 Å². The van der Waals surface area contributed by atoms with Gasteiger partial charge in [-0.2, -0.15) is 0 Å². The highest BCUT2D eigenvalue weighted by Gasteiger charge is 2.22. The van der Waals surface area contributed by atoms with Gasteiger partial charge in [0.05, 0.1) is 12.8 Å². The zero-order valence-corrected chi connectivity index (χ0v) is 14.9. The van der Waals surface area contributed by atoms with Crippen LogP contribution in [0.25, 0.3) is 27.5 Å². The number of hydrogen-bond acceptors (Lipinski definition) is 3. The van der Waals surface area contributed by atoms with Crippen molar-refractivity contribution in [2.24, 2.45) is 0 Å². The second-order valence-electron chi connectivity index (χ2n) is 6.56. The van der Waals surface area contributed by atoms with E-state index in [9.17, 15) is 4.79 Å². The number of allylic oxidation sites excluding steroid dienone is 2. The minimum Gasteiger partial charge on any atom is -0.464 e. The van der Waals surface area contributed by atoms with Gasteiger partial charge < -0.3 is 4.74 Å². The first-order valence-corrected chi connectivity index (χ1v) is 9.05. The topological polar surface area (TPSA) is 39.2 Å². The minimum atomic E-state index is -0.396. The lowest BCUT2D eigenvalue weighted by Crippen LogP contribution is -2.10. The summed E-state index contributed by atoms with van der Waals surface area (Å²) in [5.74, 6) is -0.396. The van der Waals surface area contributed by atoms with Crippen molar-refractivity contribution in [1.29, 1.82) is 0 Å². The number of ether oxygens (including phenoxy) is 1. The van der Waals surface area contributed by atoms with Crippen LogP contribution in [0.2, 0.25) is 0 Å². The molecule has 1 aromatic heterocycles. The molecule has 1 aliphatic rings. The van der Waals surface area contributed by atoms with Crippen molar-refractivity contribution in [3.63, 3.8) is 0 Å². The summed E-state index contributed by atoms with van der Waals surface area (Å²) in [6.07, 6.45) is 6.71. The molecule has 0 N–H and O–H groups in total. The van der Waals surface area contributed by atoms with Crippen LogP contribution in [-0.4, -0.2) is 18.1 Å². The summed E-state index contributed by atoms with van der Waals surface area (Å²) in [7, 11) is 1.41. The molecule has 0 aliphatic heterocycles. The lowest BCUT2D eigenvalue weighted by atomic mass is 9.90. The smallest absolute Gasteiger partial charge is 0.357 e. The fourth-order valence-corrected chi connectivity index (χ4v) is 3.70. The Hall–Kier alpha value is -2.94. The number of rotatable bonds is 3. The second kappa shape index (κ2) is 7.12. The van der Waals surface area contributed by atoms with Gasteiger partial charge in [-0.05, 0) is 42.2 Å². The summed E-state index contributed by atoms with van der Waals surface area (Å²) >= 11 is 0. The molecule has 26 heavy (non-hydrogen) atoms. The molecule has 0 amide bonds. The number of nitrogens with zero attached hydrogens (tertiary/aromatic N) is 1. The predicted molar refractivity (Wildman–Crippen MR) is 105 cm³/mol. The van der Waals surface area contributed by atoms with Crippen LogP contribution >= 0.6 is 0 Å². The van der Waals surface area contributed by atoms with Gasteiger partial charge in [0.2, 0.25) is 0 Å². The molecule has 0 saturated carbocycles. The van der Waals surface area contributed by atoms with Gasteiger partial charge >= 0.3 is 5.97 Å². The summed E-state index contributed by atoms with van der Waals surface area (Å²) < 4.78 is 5.07. The summed E-state index contributed by atoms with van der Waals surface area (Å²) in [5.41, 5.74) is 4.35. The molecule has 0 bridgehead atoms. The van der Waals surface area contributed by atoms with E-state index in [-0.39, 0.29) is 0 Å². The number of carbonyl (C=O) groups is 1. The molecule has 3 nitrogen and oxygen atoms in total. The fraction of sp³-hybridized carbons (Fsp3) is 0.217. The van der Waals surface area contributed by atoms with Crippen molar-refractivity contribution in [1.82, 2.24) is 4.98 Å². The Morgan fingerprint density at radius 1 is 0.962 bits per heavy atom. The molecule has 0 fully saturated rings. The van der Waals surface area contributed by atoms with Crippen molar-refractivity contribution in [2.75, 3.05) is 7.11 Å². The first-order valence-electron chi connectivity index (χ1n) is 9.05. The van der Waals surface area contributed by atoms with Crippen LogP contribution < -0.4 is 0 Å². The van der Waals surface area contributed by atoms with Crippen LogP contribution in [0.4, 0.5) is 0 Å². The lowest BCUT2D eigenvalue weighted by molar-refractivity contribution is 0.0595. The summed E-state index contributed by atoms with van der Waals surface area (Å²) in [6, 6.07) is 18.1. The van der Waals surface area contributed by atoms with Gasteiger partial charge in [-0.15, -0.1) is 0 Å². The zero-order chi connectivity index (χ0) is 17.9. The number of hydrogen-bond donors (Lipinski definition) is 0. The monoisotopic (exact) mass is 343 g/mol. The van der Waals surface area contributed by atoms with Crippen molar-refractivity contribution in [3.8, 4) is 11.1 Å². The standard InChI is InChI=1S/C23H21NO2/c1-26-23(25)22-20(16-10-4-2-5-11-16)18-14-8-9-15-19(18)21(24-22)17-12-6-3-7-13-17/h2,4-5,8-12,14-15H,3,6-7,13H2,1H3. The molecule has 130 valence electrons. The quantitative estimate of drug-likeness (QED) is 0.577. The molecule has 1 heterocycles. The third-order valence-electron chi connectivity index (χ3n) is 4.95. The number of aromatic nitrogens is 1. The van der Waals surface area contributed by atoms with E-state index < -0.39 is 5.97 Å². The number of fused-ring (bicyclic) bond motifs is 1. The number of benzene rings is 2. The highest BCUT2D eigenvalue weighted by atomic mass is 16.5. The molecular formula is C23H21NO2. The highest BCUT2D eigenvalue weighted by molar-refractivity contribution is 6.09. The average Bonchev–Trinajstić information content (AvgIpc) is 2.73. The Bertz CT molecular complexity index is 990. The normalized spacial score (nSPS) is 14.1. The van der Waals surface area contributed by atoms with Crippen LogP contribution in [0.5, 0.6) is 0 Å². The molecule has 3 aromatic rings. The molecule has 1 aliphatic carbocycles. The molecule has 3 heteroatoms. The van der Waals surface area contributed by atoms with E-state index in [1.807, 2.05) is 42.5 Å². The van der Waals surface area contributed by atoms with Crippen LogP contribution in [0, 0.1) is 0 Å². The SMILES string of the molecule is COC(=O)c1nc(C2=CCCCC2)c2ccccc2c1-c1ccccc1. The van der Waals surface area contributed by atoms with E-state index in [2.05, 4.69) is 18.2 Å². The summed E-state index contributed by atoms with van der Waals surface area (Å²) in [6.45, 7) is 0. The molecule has 4 rings (SSSR count). The Kier molecular flexibility index (Phi) is 4.53. The summed E-state index contributed by atoms with van der Waals surface area (Å²) in [4.78, 5) is 17.4. The van der Waals surface area contributed by atoms with Gasteiger partial charge in [-0.25, -0.2) is 9.78 Å². The first kappa shape index (κ1) is 16.5. The largest absolute Gasteiger partial charge is 0.464 e. The van der Waals surface area contributed by atoms with Gasteiger partial charge in [0.25, 0.3) is 0 Å². The molecular weight excluding hydrogens is 322 g/mol. The van der Waals surface area contributed by atoms with E-state index in [4.69, 9.17) is 9.72 Å². The molecule has 0 saturated heterocycles. The molecule has 0 unspecified atom stereocenters. The average molecular weight is 343 g/mol. The van der Waals surface area contributed by atoms with Crippen LogP contribution in [0.1, 0.15) is 41.9 Å². The van der Waals surface area contributed by atoms with Gasteiger partial charge in [0.15, 0.2) is 5.69 Å². The second-order valence-corrected chi connectivity index (χ2v) is 6.56. The van der Waals surface area contributed by atoms with E-state index in [0.717, 1.165) is 46.9 Å². The third kappa shape index (κ3) is 2.90. The van der Waals surface area contributed by atoms with Crippen LogP contribution in [0.3, 0.4) is 0 Å². The number of carbonyl (C=O) groups excluding carboxylic acids is 1. The Labute approximate surface area is 153 Å². The molecule has 2 aromatic carbocycles. The molecule has 0 atom stereocenters. The highest BCUT2D eigenvalue weighted by Crippen LogP contribution is 2.37. The van der Waals surface area contributed by atoms with E-state index >= 15 is 0 Å². The van der Waals surface area contributed by atoms with E-state index in [0.29, 0.717) is 5.69 Å². The van der Waals surface area contributed by atoms with Gasteiger partial charge in [0.1, 0.15) is 0 Å². The maximum atomic E-state index is 12.6. The minimum absolute atomic E-state index is 0.388. The zero-order valence-electron chi connectivity index (χ0n) is 14.9. The predicted octanol–water partition coefficient (Wildman–Crippen LogP) is 5.65. The van der Waals surface area contributed by atoms with Crippen molar-refractivity contribution in [3.05, 3.63) is 72.1 Å². The molecule has 0 radical (unpaired) electrons. The summed E-state index contributed by atoms with van der Waals surface area (Å²) in [5, 5.41) is 2.13. The van der Waals surface area contributed by atoms with Crippen molar-refractivity contribution < 1.29 is 9.53 Å². The Balaban J connectivity index is 2.07. The van der Waals surface area contributed by atoms with Crippen molar-refractivity contribution >= 4 is 22.3 Å². The lowest BCUT2D eigenvalue weighted by Gasteiger charge is -2.18. The van der Waals surface area contributed by atoms with Gasteiger partial charge in [0, 0.05) is 10.9 Å². The maximum Gasteiger partial charge on any atom is 0.357 e. The van der Waals surface area contributed by atoms with Crippen LogP contribution in [0.15, 0.2) is 60.7 Å². The third-order valence-corrected chi connectivity index (χ3v) is 4.95. The maximum absolute atomic E-state index is 12.6. The van der Waals surface area contributed by atoms with E-state index in [1.165, 1.54) is 19.1 Å². The number of pyridine rings is 1. The first-order chi connectivity index (χ1) is 12.8. The van der Waals surface area contributed by atoms with Crippen LogP contribution in [-0.2, 0) is 4.74 Å².